The van der Waals surface area contributed by atoms with Crippen LogP contribution in [0.3, 0.4) is 0 Å². The second-order valence-corrected chi connectivity index (χ2v) is 3.45. The molecule has 1 aliphatic heterocycles. The van der Waals surface area contributed by atoms with Crippen molar-refractivity contribution in [2.45, 2.75) is 0 Å². The van der Waals surface area contributed by atoms with Crippen molar-refractivity contribution in [3.8, 4) is 0 Å². The van der Waals surface area contributed by atoms with E-state index < -0.39 is 0 Å². The summed E-state index contributed by atoms with van der Waals surface area (Å²) in [5, 5.41) is 15.3. The number of hydrogen-bond acceptors (Lipinski definition) is 5. The van der Waals surface area contributed by atoms with Crippen LogP contribution in [0.15, 0.2) is 5.28 Å². The molecule has 1 heterocycles. The second kappa shape index (κ2) is 6.11. The molecule has 1 fully saturated rings. The normalized spacial score (nSPS) is 17.1. The van der Waals surface area contributed by atoms with Gasteiger partial charge in [0.1, 0.15) is 0 Å². The Hall–Kier alpha value is -1.57. The lowest BCUT2D eigenvalue weighted by Crippen LogP contribution is -2.42. The van der Waals surface area contributed by atoms with Crippen LogP contribution in [0.1, 0.15) is 0 Å². The van der Waals surface area contributed by atoms with Crippen molar-refractivity contribution in [3.63, 3.8) is 0 Å². The van der Waals surface area contributed by atoms with Gasteiger partial charge < -0.3 is 19.7 Å². The van der Waals surface area contributed by atoms with Crippen molar-refractivity contribution in [1.29, 1.82) is 0 Å². The number of morpholine rings is 1. The van der Waals surface area contributed by atoms with Gasteiger partial charge in [0.05, 0.1) is 32.3 Å². The summed E-state index contributed by atoms with van der Waals surface area (Å²) in [4.78, 5) is 18.0. The molecular formula is C8H16N4O4. The van der Waals surface area contributed by atoms with E-state index in [1.807, 2.05) is 0 Å². The van der Waals surface area contributed by atoms with Crippen LogP contribution in [0.5, 0.6) is 0 Å². The first-order valence-corrected chi connectivity index (χ1v) is 4.94. The Labute approximate surface area is 93.5 Å². The van der Waals surface area contributed by atoms with E-state index in [4.69, 9.17) is 4.74 Å². The molecule has 92 valence electrons. The van der Waals surface area contributed by atoms with E-state index in [0.717, 1.165) is 0 Å². The number of carbonyl (C=O) groups excluding carboxylic acids is 1. The Balaban J connectivity index is 2.26. The maximum absolute atomic E-state index is 11.5. The van der Waals surface area contributed by atoms with Crippen molar-refractivity contribution in [2.24, 2.45) is 5.28 Å². The van der Waals surface area contributed by atoms with E-state index in [9.17, 15) is 10.0 Å². The van der Waals surface area contributed by atoms with E-state index in [0.29, 0.717) is 26.3 Å². The third-order valence-corrected chi connectivity index (χ3v) is 2.02. The summed E-state index contributed by atoms with van der Waals surface area (Å²) in [6, 6.07) is 0. The van der Waals surface area contributed by atoms with Gasteiger partial charge in [0.15, 0.2) is 0 Å². The van der Waals surface area contributed by atoms with E-state index >= 15 is 0 Å². The average Bonchev–Trinajstić information content (AvgIpc) is 2.29. The molecule has 8 nitrogen and oxygen atoms in total. The summed E-state index contributed by atoms with van der Waals surface area (Å²) in [7, 11) is 3.04. The minimum absolute atomic E-state index is 0.195. The highest BCUT2D eigenvalue weighted by atomic mass is 16.7. The van der Waals surface area contributed by atoms with Crippen LogP contribution in [-0.2, 0) is 14.4 Å². The molecule has 0 aromatic carbocycles. The molecule has 8 heteroatoms. The van der Waals surface area contributed by atoms with E-state index in [-0.39, 0.29) is 17.5 Å². The smallest absolute Gasteiger partial charge is 0.263 e. The first-order chi connectivity index (χ1) is 7.61. The second-order valence-electron chi connectivity index (χ2n) is 3.45. The standard InChI is InChI=1S/C8H16N4O4/c1-10(2)12(14)9-16-7-8(13)11-3-5-15-6-4-11/h3-7H2,1-2H3. The summed E-state index contributed by atoms with van der Waals surface area (Å²) in [6.45, 7) is 1.95. The Morgan fingerprint density at radius 3 is 2.75 bits per heavy atom. The lowest BCUT2D eigenvalue weighted by atomic mass is 10.4. The lowest BCUT2D eigenvalue weighted by molar-refractivity contribution is -0.699. The molecule has 0 radical (unpaired) electrons. The SMILES string of the molecule is CN(C)[N+]([O-])=NOCC(=O)N1CCOCC1. The minimum atomic E-state index is -0.230. The third-order valence-electron chi connectivity index (χ3n) is 2.02. The fourth-order valence-corrected chi connectivity index (χ4v) is 1.11. The van der Waals surface area contributed by atoms with Crippen molar-refractivity contribution in [3.05, 3.63) is 5.21 Å². The number of amides is 1. The third kappa shape index (κ3) is 3.89. The van der Waals surface area contributed by atoms with Crippen molar-refractivity contribution in [1.82, 2.24) is 9.91 Å². The molecule has 0 aromatic heterocycles. The molecule has 1 saturated heterocycles. The maximum atomic E-state index is 11.5. The van der Waals surface area contributed by atoms with Gasteiger partial charge in [0, 0.05) is 13.1 Å². The summed E-state index contributed by atoms with van der Waals surface area (Å²) in [6.07, 6.45) is 0. The van der Waals surface area contributed by atoms with Crippen molar-refractivity contribution in [2.75, 3.05) is 47.0 Å². The van der Waals surface area contributed by atoms with E-state index in [1.54, 1.807) is 4.90 Å². The number of ether oxygens (including phenoxy) is 1. The number of hydrazine groups is 1. The predicted octanol–water partition coefficient (Wildman–Crippen LogP) is -0.784. The molecule has 0 atom stereocenters. The fourth-order valence-electron chi connectivity index (χ4n) is 1.11. The van der Waals surface area contributed by atoms with Gasteiger partial charge >= 0.3 is 0 Å². The number of hydrogen-bond donors (Lipinski definition) is 0. The summed E-state index contributed by atoms with van der Waals surface area (Å²) in [5.74, 6) is -0.195. The van der Waals surface area contributed by atoms with E-state index in [1.165, 1.54) is 19.1 Å². The quantitative estimate of drug-likeness (QED) is 0.361. The molecule has 0 spiro atoms. The van der Waals surface area contributed by atoms with Gasteiger partial charge in [-0.05, 0) is 0 Å². The highest BCUT2D eigenvalue weighted by molar-refractivity contribution is 5.77. The van der Waals surface area contributed by atoms with E-state index in [2.05, 4.69) is 10.1 Å². The van der Waals surface area contributed by atoms with Crippen molar-refractivity contribution < 1.29 is 19.3 Å². The van der Waals surface area contributed by atoms with Gasteiger partial charge in [-0.15, -0.1) is 0 Å². The topological polar surface area (TPSA) is 80.4 Å². The van der Waals surface area contributed by atoms with Crippen molar-refractivity contribution >= 4 is 5.91 Å². The van der Waals surface area contributed by atoms with Crippen LogP contribution in [-0.4, -0.2) is 67.8 Å². The molecule has 1 rings (SSSR count). The predicted molar refractivity (Wildman–Crippen MR) is 53.1 cm³/mol. The molecule has 1 amide bonds. The molecule has 0 aromatic rings. The Bertz CT molecular complexity index is 263. The largest absolute Gasteiger partial charge is 0.569 e. The molecule has 0 bridgehead atoms. The zero-order chi connectivity index (χ0) is 12.0. The van der Waals surface area contributed by atoms with Gasteiger partial charge in [-0.1, -0.05) is 0 Å². The zero-order valence-corrected chi connectivity index (χ0v) is 9.46. The molecule has 0 N–H and O–H groups in total. The number of carbonyl (C=O) groups is 1. The average molecular weight is 232 g/mol. The highest BCUT2D eigenvalue weighted by Crippen LogP contribution is 1.97. The van der Waals surface area contributed by atoms with Gasteiger partial charge in [0.2, 0.25) is 11.9 Å². The summed E-state index contributed by atoms with van der Waals surface area (Å²) in [5.41, 5.74) is 0. The fraction of sp³-hybridized carbons (Fsp3) is 0.875. The monoisotopic (exact) mass is 232 g/mol. The maximum Gasteiger partial charge on any atom is 0.263 e. The van der Waals surface area contributed by atoms with Crippen LogP contribution in [0.2, 0.25) is 0 Å². The van der Waals surface area contributed by atoms with Gasteiger partial charge in [-0.2, -0.15) is 5.01 Å². The van der Waals surface area contributed by atoms with Crippen LogP contribution in [0.4, 0.5) is 0 Å². The lowest BCUT2D eigenvalue weighted by Gasteiger charge is -2.25. The molecule has 0 aliphatic carbocycles. The van der Waals surface area contributed by atoms with Gasteiger partial charge in [-0.3, -0.25) is 4.79 Å². The molecule has 0 unspecified atom stereocenters. The Kier molecular flexibility index (Phi) is 4.77. The zero-order valence-electron chi connectivity index (χ0n) is 9.46. The first-order valence-electron chi connectivity index (χ1n) is 4.94. The summed E-state index contributed by atoms with van der Waals surface area (Å²) >= 11 is 0. The number of rotatable bonds is 4. The van der Waals surface area contributed by atoms with Gasteiger partial charge in [-0.25, -0.2) is 0 Å². The van der Waals surface area contributed by atoms with Crippen LogP contribution in [0.25, 0.3) is 0 Å². The molecular weight excluding hydrogens is 216 g/mol. The highest BCUT2D eigenvalue weighted by Gasteiger charge is 2.17. The molecule has 1 aliphatic rings. The van der Waals surface area contributed by atoms with Crippen LogP contribution < -0.4 is 0 Å². The van der Waals surface area contributed by atoms with Crippen LogP contribution >= 0.6 is 0 Å². The first kappa shape index (κ1) is 12.5. The van der Waals surface area contributed by atoms with Crippen LogP contribution in [0, 0.1) is 5.21 Å². The Morgan fingerprint density at radius 2 is 2.19 bits per heavy atom. The molecule has 16 heavy (non-hydrogen) atoms. The number of nitrogens with zero attached hydrogens (tertiary/aromatic N) is 4. The summed E-state index contributed by atoms with van der Waals surface area (Å²) < 4.78 is 5.10. The van der Waals surface area contributed by atoms with Gasteiger partial charge in [0.25, 0.3) is 5.91 Å². The minimum Gasteiger partial charge on any atom is -0.569 e. The Morgan fingerprint density at radius 1 is 1.56 bits per heavy atom. The molecule has 0 saturated carbocycles.